The van der Waals surface area contributed by atoms with Crippen molar-refractivity contribution in [3.8, 4) is 23.1 Å². The maximum absolute atomic E-state index is 11.0. The van der Waals surface area contributed by atoms with Crippen LogP contribution in [-0.2, 0) is 0 Å². The van der Waals surface area contributed by atoms with Gasteiger partial charge in [-0.1, -0.05) is 26.7 Å². The van der Waals surface area contributed by atoms with E-state index < -0.39 is 5.76 Å². The van der Waals surface area contributed by atoms with E-state index in [-0.39, 0.29) is 5.89 Å². The maximum atomic E-state index is 11.0. The summed E-state index contributed by atoms with van der Waals surface area (Å²) in [4.78, 5) is 15.2. The third-order valence-corrected chi connectivity index (χ3v) is 3.00. The van der Waals surface area contributed by atoms with E-state index in [1.807, 2.05) is 0 Å². The lowest BCUT2D eigenvalue weighted by Gasteiger charge is -2.12. The van der Waals surface area contributed by atoms with Crippen LogP contribution in [0, 0.1) is 0 Å². The van der Waals surface area contributed by atoms with Gasteiger partial charge in [0.25, 0.3) is 5.89 Å². The van der Waals surface area contributed by atoms with Crippen LogP contribution in [0.3, 0.4) is 0 Å². The molecule has 120 valence electrons. The number of ether oxygens (including phenoxy) is 2. The zero-order valence-corrected chi connectivity index (χ0v) is 12.9. The number of rotatable bonds is 9. The van der Waals surface area contributed by atoms with Crippen molar-refractivity contribution in [3.05, 3.63) is 22.8 Å². The summed E-state index contributed by atoms with van der Waals surface area (Å²) in [5.74, 6) is 0.686. The summed E-state index contributed by atoms with van der Waals surface area (Å²) in [6.07, 6.45) is 5.57. The highest BCUT2D eigenvalue weighted by Crippen LogP contribution is 2.30. The highest BCUT2D eigenvalue weighted by Gasteiger charge is 2.13. The van der Waals surface area contributed by atoms with Gasteiger partial charge in [0.15, 0.2) is 11.5 Å². The monoisotopic (exact) mass is 307 g/mol. The number of pyridine rings is 1. The van der Waals surface area contributed by atoms with E-state index in [9.17, 15) is 4.79 Å². The Morgan fingerprint density at radius 2 is 1.82 bits per heavy atom. The predicted molar refractivity (Wildman–Crippen MR) is 81.2 cm³/mol. The van der Waals surface area contributed by atoms with Gasteiger partial charge in [-0.3, -0.25) is 0 Å². The number of hydrogen-bond acceptors (Lipinski definition) is 6. The minimum absolute atomic E-state index is 0.130. The Labute approximate surface area is 128 Å². The summed E-state index contributed by atoms with van der Waals surface area (Å²) in [5.41, 5.74) is 0.424. The largest absolute Gasteiger partial charge is 0.490 e. The Kier molecular flexibility index (Phi) is 6.00. The normalized spacial score (nSPS) is 10.6. The van der Waals surface area contributed by atoms with E-state index in [0.717, 1.165) is 25.7 Å². The van der Waals surface area contributed by atoms with Crippen LogP contribution in [0.15, 0.2) is 21.5 Å². The number of hydrogen-bond donors (Lipinski definition) is 1. The van der Waals surface area contributed by atoms with Gasteiger partial charge in [-0.05, 0) is 12.8 Å². The zero-order chi connectivity index (χ0) is 15.8. The molecule has 0 aromatic carbocycles. The molecule has 0 saturated heterocycles. The molecule has 0 spiro atoms. The Bertz CT molecular complexity index is 636. The fourth-order valence-electron chi connectivity index (χ4n) is 1.75. The Morgan fingerprint density at radius 1 is 1.14 bits per heavy atom. The van der Waals surface area contributed by atoms with E-state index in [0.29, 0.717) is 30.4 Å². The molecule has 0 saturated carbocycles. The minimum atomic E-state index is -0.617. The average molecular weight is 307 g/mol. The van der Waals surface area contributed by atoms with Gasteiger partial charge in [0.1, 0.15) is 5.69 Å². The first kappa shape index (κ1) is 16.1. The summed E-state index contributed by atoms with van der Waals surface area (Å²) in [6.45, 7) is 5.40. The van der Waals surface area contributed by atoms with Gasteiger partial charge in [0.05, 0.1) is 19.4 Å². The van der Waals surface area contributed by atoms with Crippen molar-refractivity contribution in [3.63, 3.8) is 0 Å². The zero-order valence-electron chi connectivity index (χ0n) is 12.9. The first-order valence-electron chi connectivity index (χ1n) is 7.56. The third kappa shape index (κ3) is 4.34. The van der Waals surface area contributed by atoms with Crippen LogP contribution in [0.4, 0.5) is 0 Å². The smallest absolute Gasteiger partial charge is 0.434 e. The molecule has 0 radical (unpaired) electrons. The fraction of sp³-hybridized carbons (Fsp3) is 0.533. The fourth-order valence-corrected chi connectivity index (χ4v) is 1.75. The molecule has 0 unspecified atom stereocenters. The molecule has 7 nitrogen and oxygen atoms in total. The molecule has 2 heterocycles. The molecule has 2 rings (SSSR count). The van der Waals surface area contributed by atoms with Gasteiger partial charge >= 0.3 is 5.76 Å². The lowest BCUT2D eigenvalue weighted by atomic mass is 10.3. The summed E-state index contributed by atoms with van der Waals surface area (Å²) < 4.78 is 16.4. The van der Waals surface area contributed by atoms with Crippen molar-refractivity contribution >= 4 is 0 Å². The topological polar surface area (TPSA) is 90.2 Å². The molecule has 7 heteroatoms. The summed E-state index contributed by atoms with van der Waals surface area (Å²) in [7, 11) is 0. The van der Waals surface area contributed by atoms with E-state index >= 15 is 0 Å². The maximum Gasteiger partial charge on any atom is 0.434 e. The van der Waals surface area contributed by atoms with Crippen LogP contribution >= 0.6 is 0 Å². The molecule has 2 aromatic heterocycles. The van der Waals surface area contributed by atoms with E-state index in [4.69, 9.17) is 13.9 Å². The van der Waals surface area contributed by atoms with Crippen LogP contribution in [0.2, 0.25) is 0 Å². The summed E-state index contributed by atoms with van der Waals surface area (Å²) in [5, 5.41) is 5.98. The van der Waals surface area contributed by atoms with E-state index in [1.165, 1.54) is 0 Å². The predicted octanol–water partition coefficient (Wildman–Crippen LogP) is 2.78. The molecule has 0 amide bonds. The van der Waals surface area contributed by atoms with Crippen LogP contribution < -0.4 is 15.2 Å². The number of unbranched alkanes of at least 4 members (excludes halogenated alkanes) is 2. The number of nitrogens with zero attached hydrogens (tertiary/aromatic N) is 2. The minimum Gasteiger partial charge on any atom is -0.490 e. The lowest BCUT2D eigenvalue weighted by molar-refractivity contribution is 0.261. The van der Waals surface area contributed by atoms with Crippen molar-refractivity contribution in [2.75, 3.05) is 13.2 Å². The van der Waals surface area contributed by atoms with Crippen molar-refractivity contribution in [2.24, 2.45) is 0 Å². The van der Waals surface area contributed by atoms with Gasteiger partial charge < -0.3 is 13.9 Å². The van der Waals surface area contributed by atoms with Gasteiger partial charge in [-0.25, -0.2) is 14.9 Å². The summed E-state index contributed by atoms with van der Waals surface area (Å²) in [6, 6.07) is 1.68. The number of H-pyrrole nitrogens is 1. The molecule has 1 N–H and O–H groups in total. The Hall–Kier alpha value is -2.31. The molecule has 2 aromatic rings. The van der Waals surface area contributed by atoms with Gasteiger partial charge in [-0.2, -0.15) is 0 Å². The molecular formula is C15H21N3O4. The van der Waals surface area contributed by atoms with Crippen molar-refractivity contribution in [2.45, 2.75) is 39.5 Å². The van der Waals surface area contributed by atoms with Crippen molar-refractivity contribution in [1.82, 2.24) is 15.2 Å². The van der Waals surface area contributed by atoms with Gasteiger partial charge in [-0.15, -0.1) is 5.10 Å². The van der Waals surface area contributed by atoms with Crippen molar-refractivity contribution < 1.29 is 13.9 Å². The molecule has 0 aliphatic carbocycles. The SMILES string of the molecule is CCCCOc1cnc(-c2n[nH]c(=O)o2)cc1OCCCC. The molecule has 0 bridgehead atoms. The Morgan fingerprint density at radius 3 is 2.41 bits per heavy atom. The quantitative estimate of drug-likeness (QED) is 0.716. The van der Waals surface area contributed by atoms with Crippen LogP contribution in [-0.4, -0.2) is 28.4 Å². The number of nitrogens with one attached hydrogen (secondary N) is 1. The number of aromatic nitrogens is 3. The molecule has 0 aliphatic rings. The van der Waals surface area contributed by atoms with Gasteiger partial charge in [0.2, 0.25) is 0 Å². The molecule has 0 aliphatic heterocycles. The second-order valence-electron chi connectivity index (χ2n) is 4.84. The highest BCUT2D eigenvalue weighted by atomic mass is 16.5. The van der Waals surface area contributed by atoms with Crippen molar-refractivity contribution in [1.29, 1.82) is 0 Å². The van der Waals surface area contributed by atoms with E-state index in [2.05, 4.69) is 29.0 Å². The average Bonchev–Trinajstić information content (AvgIpc) is 2.95. The highest BCUT2D eigenvalue weighted by molar-refractivity contribution is 5.53. The lowest BCUT2D eigenvalue weighted by Crippen LogP contribution is -2.03. The van der Waals surface area contributed by atoms with Crippen LogP contribution in [0.25, 0.3) is 11.6 Å². The second-order valence-corrected chi connectivity index (χ2v) is 4.84. The third-order valence-electron chi connectivity index (χ3n) is 3.00. The molecule has 0 atom stereocenters. The first-order chi connectivity index (χ1) is 10.7. The van der Waals surface area contributed by atoms with E-state index in [1.54, 1.807) is 12.3 Å². The summed E-state index contributed by atoms with van der Waals surface area (Å²) >= 11 is 0. The Balaban J connectivity index is 2.19. The molecule has 0 fully saturated rings. The first-order valence-corrected chi connectivity index (χ1v) is 7.56. The molecular weight excluding hydrogens is 286 g/mol. The standard InChI is InChI=1S/C15H21N3O4/c1-3-5-7-20-12-9-11(14-17-18-15(19)22-14)16-10-13(12)21-8-6-4-2/h9-10H,3-8H2,1-2H3,(H,18,19). The van der Waals surface area contributed by atoms with Gasteiger partial charge in [0, 0.05) is 6.07 Å². The molecule has 22 heavy (non-hydrogen) atoms. The second kappa shape index (κ2) is 8.21. The number of aromatic amines is 1. The van der Waals surface area contributed by atoms with Crippen LogP contribution in [0.1, 0.15) is 39.5 Å². The van der Waals surface area contributed by atoms with Crippen LogP contribution in [0.5, 0.6) is 11.5 Å².